The molecule has 7 nitrogen and oxygen atoms in total. The van der Waals surface area contributed by atoms with Crippen LogP contribution in [0.2, 0.25) is 0 Å². The highest BCUT2D eigenvalue weighted by Gasteiger charge is 2.30. The van der Waals surface area contributed by atoms with E-state index in [2.05, 4.69) is 0 Å². The van der Waals surface area contributed by atoms with Crippen LogP contribution in [-0.2, 0) is 27.9 Å². The molecule has 39 heavy (non-hydrogen) atoms. The van der Waals surface area contributed by atoms with Crippen molar-refractivity contribution in [1.29, 1.82) is 0 Å². The van der Waals surface area contributed by atoms with Crippen molar-refractivity contribution in [1.82, 2.24) is 4.90 Å². The Kier molecular flexibility index (Phi) is 8.88. The highest BCUT2D eigenvalue weighted by molar-refractivity contribution is 7.92. The molecule has 8 heteroatoms. The first-order chi connectivity index (χ1) is 18.8. The van der Waals surface area contributed by atoms with E-state index in [-0.39, 0.29) is 23.1 Å². The maximum absolute atomic E-state index is 14.0. The molecule has 0 fully saturated rings. The molecule has 0 atom stereocenters. The van der Waals surface area contributed by atoms with Gasteiger partial charge >= 0.3 is 0 Å². The van der Waals surface area contributed by atoms with Gasteiger partial charge < -0.3 is 14.4 Å². The third-order valence-corrected chi connectivity index (χ3v) is 8.10. The number of rotatable bonds is 11. The van der Waals surface area contributed by atoms with E-state index in [4.69, 9.17) is 9.47 Å². The highest BCUT2D eigenvalue weighted by atomic mass is 32.2. The molecule has 0 saturated heterocycles. The summed E-state index contributed by atoms with van der Waals surface area (Å²) in [6.07, 6.45) is 0. The molecule has 0 heterocycles. The van der Waals surface area contributed by atoms with Gasteiger partial charge in [0.15, 0.2) is 11.5 Å². The SMILES string of the molecule is COc1ccc(S(=O)(=O)N(CC(=O)N(Cc2ccccc2)Cc2ccccc2)c2ccc(C)cc2)cc1OC. The molecule has 4 rings (SSSR count). The fourth-order valence-corrected chi connectivity index (χ4v) is 5.62. The molecule has 0 unspecified atom stereocenters. The van der Waals surface area contributed by atoms with Crippen LogP contribution in [0.5, 0.6) is 11.5 Å². The van der Waals surface area contributed by atoms with Gasteiger partial charge in [-0.3, -0.25) is 9.10 Å². The van der Waals surface area contributed by atoms with Gasteiger partial charge in [0, 0.05) is 19.2 Å². The lowest BCUT2D eigenvalue weighted by Gasteiger charge is -2.29. The van der Waals surface area contributed by atoms with E-state index in [1.807, 2.05) is 79.7 Å². The smallest absolute Gasteiger partial charge is 0.264 e. The zero-order valence-corrected chi connectivity index (χ0v) is 23.1. The van der Waals surface area contributed by atoms with E-state index in [9.17, 15) is 13.2 Å². The highest BCUT2D eigenvalue weighted by Crippen LogP contribution is 2.32. The maximum atomic E-state index is 14.0. The summed E-state index contributed by atoms with van der Waals surface area (Å²) in [4.78, 5) is 15.5. The summed E-state index contributed by atoms with van der Waals surface area (Å²) in [5, 5.41) is 0. The van der Waals surface area contributed by atoms with Gasteiger partial charge in [-0.05, 0) is 42.3 Å². The lowest BCUT2D eigenvalue weighted by atomic mass is 10.1. The second-order valence-corrected chi connectivity index (χ2v) is 10.9. The van der Waals surface area contributed by atoms with Gasteiger partial charge in [-0.2, -0.15) is 0 Å². The Balaban J connectivity index is 1.72. The second kappa shape index (κ2) is 12.5. The third kappa shape index (κ3) is 6.78. The van der Waals surface area contributed by atoms with Crippen molar-refractivity contribution in [3.63, 3.8) is 0 Å². The molecular weight excluding hydrogens is 512 g/mol. The normalized spacial score (nSPS) is 11.1. The number of aryl methyl sites for hydroxylation is 1. The number of amides is 1. The minimum Gasteiger partial charge on any atom is -0.493 e. The lowest BCUT2D eigenvalue weighted by molar-refractivity contribution is -0.130. The summed E-state index contributed by atoms with van der Waals surface area (Å²) < 4.78 is 39.8. The van der Waals surface area contributed by atoms with E-state index >= 15 is 0 Å². The molecular formula is C31H32N2O5S. The molecule has 202 valence electrons. The van der Waals surface area contributed by atoms with Crippen LogP contribution < -0.4 is 13.8 Å². The van der Waals surface area contributed by atoms with E-state index in [0.29, 0.717) is 24.5 Å². The number of nitrogens with zero attached hydrogens (tertiary/aromatic N) is 2. The van der Waals surface area contributed by atoms with Crippen molar-refractivity contribution >= 4 is 21.6 Å². The molecule has 0 aliphatic carbocycles. The van der Waals surface area contributed by atoms with Gasteiger partial charge in [-0.25, -0.2) is 8.42 Å². The zero-order valence-electron chi connectivity index (χ0n) is 22.3. The van der Waals surface area contributed by atoms with Crippen molar-refractivity contribution in [2.24, 2.45) is 0 Å². The topological polar surface area (TPSA) is 76.2 Å². The molecule has 0 radical (unpaired) electrons. The average Bonchev–Trinajstić information content (AvgIpc) is 2.96. The second-order valence-electron chi connectivity index (χ2n) is 9.09. The average molecular weight is 545 g/mol. The van der Waals surface area contributed by atoms with Crippen LogP contribution >= 0.6 is 0 Å². The minimum absolute atomic E-state index is 0.00815. The van der Waals surface area contributed by atoms with E-state index in [1.54, 1.807) is 17.0 Å². The Hall–Kier alpha value is -4.30. The van der Waals surface area contributed by atoms with Crippen LogP contribution in [0.4, 0.5) is 5.69 Å². The summed E-state index contributed by atoms with van der Waals surface area (Å²) in [5.41, 5.74) is 3.27. The molecule has 0 N–H and O–H groups in total. The van der Waals surface area contributed by atoms with Gasteiger partial charge in [-0.15, -0.1) is 0 Å². The summed E-state index contributed by atoms with van der Waals surface area (Å²) in [5.74, 6) is 0.363. The number of carbonyl (C=O) groups excluding carboxylic acids is 1. The van der Waals surface area contributed by atoms with E-state index < -0.39 is 10.0 Å². The molecule has 0 spiro atoms. The first kappa shape index (κ1) is 27.7. The summed E-state index contributed by atoms with van der Waals surface area (Å²) >= 11 is 0. The number of sulfonamides is 1. The maximum Gasteiger partial charge on any atom is 0.264 e. The molecule has 1 amide bonds. The number of carbonyl (C=O) groups is 1. The first-order valence-electron chi connectivity index (χ1n) is 12.5. The van der Waals surface area contributed by atoms with Gasteiger partial charge in [0.2, 0.25) is 5.91 Å². The fraction of sp³-hybridized carbons (Fsp3) is 0.194. The van der Waals surface area contributed by atoms with Crippen LogP contribution in [0, 0.1) is 6.92 Å². The Morgan fingerprint density at radius 1 is 0.718 bits per heavy atom. The number of hydrogen-bond donors (Lipinski definition) is 0. The number of ether oxygens (including phenoxy) is 2. The monoisotopic (exact) mass is 544 g/mol. The Labute approximate surface area is 230 Å². The molecule has 4 aromatic rings. The summed E-state index contributed by atoms with van der Waals surface area (Å²) in [7, 11) is -1.22. The van der Waals surface area contributed by atoms with Gasteiger partial charge in [-0.1, -0.05) is 78.4 Å². The molecule has 0 aromatic heterocycles. The predicted octanol–water partition coefficient (Wildman–Crippen LogP) is 5.44. The number of benzene rings is 4. The van der Waals surface area contributed by atoms with Crippen LogP contribution in [-0.4, -0.2) is 40.0 Å². The zero-order chi connectivity index (χ0) is 27.8. The molecule has 0 bridgehead atoms. The van der Waals surface area contributed by atoms with Crippen molar-refractivity contribution < 1.29 is 22.7 Å². The van der Waals surface area contributed by atoms with Crippen LogP contribution in [0.3, 0.4) is 0 Å². The molecule has 0 saturated carbocycles. The molecule has 0 aliphatic heterocycles. The van der Waals surface area contributed by atoms with Gasteiger partial charge in [0.1, 0.15) is 6.54 Å². The standard InChI is InChI=1S/C31H32N2O5S/c1-24-14-16-27(17-15-24)33(39(35,36)28-18-19-29(37-2)30(20-28)38-3)23-31(34)32(21-25-10-6-4-7-11-25)22-26-12-8-5-9-13-26/h4-20H,21-23H2,1-3H3. The van der Waals surface area contributed by atoms with E-state index in [0.717, 1.165) is 21.0 Å². The van der Waals surface area contributed by atoms with Crippen molar-refractivity contribution in [3.8, 4) is 11.5 Å². The number of hydrogen-bond acceptors (Lipinski definition) is 5. The minimum atomic E-state index is -4.15. The Morgan fingerprint density at radius 2 is 1.26 bits per heavy atom. The van der Waals surface area contributed by atoms with Crippen LogP contribution in [0.15, 0.2) is 108 Å². The lowest BCUT2D eigenvalue weighted by Crippen LogP contribution is -2.42. The van der Waals surface area contributed by atoms with Crippen molar-refractivity contribution in [2.75, 3.05) is 25.1 Å². The van der Waals surface area contributed by atoms with Crippen LogP contribution in [0.25, 0.3) is 0 Å². The van der Waals surface area contributed by atoms with E-state index in [1.165, 1.54) is 32.4 Å². The number of methoxy groups -OCH3 is 2. The molecule has 4 aromatic carbocycles. The van der Waals surface area contributed by atoms with Crippen LogP contribution in [0.1, 0.15) is 16.7 Å². The third-order valence-electron chi connectivity index (χ3n) is 6.33. The molecule has 0 aliphatic rings. The fourth-order valence-electron chi connectivity index (χ4n) is 4.19. The first-order valence-corrected chi connectivity index (χ1v) is 13.9. The summed E-state index contributed by atoms with van der Waals surface area (Å²) in [6.45, 7) is 2.22. The van der Waals surface area contributed by atoms with Crippen molar-refractivity contribution in [3.05, 3.63) is 120 Å². The Bertz CT molecular complexity index is 1450. The van der Waals surface area contributed by atoms with Gasteiger partial charge in [0.05, 0.1) is 24.8 Å². The van der Waals surface area contributed by atoms with Gasteiger partial charge in [0.25, 0.3) is 10.0 Å². The van der Waals surface area contributed by atoms with Crippen molar-refractivity contribution in [2.45, 2.75) is 24.9 Å². The number of anilines is 1. The largest absolute Gasteiger partial charge is 0.493 e. The quantitative estimate of drug-likeness (QED) is 0.252. The Morgan fingerprint density at radius 3 is 1.77 bits per heavy atom. The summed E-state index contributed by atoms with van der Waals surface area (Å²) in [6, 6.07) is 30.8. The predicted molar refractivity (Wildman–Crippen MR) is 152 cm³/mol.